The van der Waals surface area contributed by atoms with Crippen LogP contribution >= 0.6 is 11.3 Å². The Morgan fingerprint density at radius 2 is 1.81 bits per heavy atom. The van der Waals surface area contributed by atoms with E-state index in [0.29, 0.717) is 27.2 Å². The van der Waals surface area contributed by atoms with E-state index in [4.69, 9.17) is 9.47 Å². The van der Waals surface area contributed by atoms with Gasteiger partial charge in [-0.3, -0.25) is 10.1 Å². The van der Waals surface area contributed by atoms with Gasteiger partial charge in [0, 0.05) is 11.1 Å². The maximum absolute atomic E-state index is 12.4. The van der Waals surface area contributed by atoms with Crippen molar-refractivity contribution in [3.8, 4) is 22.9 Å². The van der Waals surface area contributed by atoms with Gasteiger partial charge in [0.15, 0.2) is 5.82 Å². The number of anilines is 1. The maximum atomic E-state index is 12.4. The lowest BCUT2D eigenvalue weighted by atomic mass is 10.2. The van der Waals surface area contributed by atoms with E-state index in [2.05, 4.69) is 20.6 Å². The highest BCUT2D eigenvalue weighted by Crippen LogP contribution is 2.26. The average Bonchev–Trinajstić information content (AvgIpc) is 3.28. The number of carbonyl (C=O) groups excluding carboxylic acids is 1. The van der Waals surface area contributed by atoms with Crippen LogP contribution in [0.5, 0.6) is 11.5 Å². The van der Waals surface area contributed by atoms with Gasteiger partial charge in [-0.25, -0.2) is 0 Å². The summed E-state index contributed by atoms with van der Waals surface area (Å²) in [5.41, 5.74) is 1.33. The molecule has 9 heteroatoms. The summed E-state index contributed by atoms with van der Waals surface area (Å²) in [4.78, 5) is 13.0. The molecule has 0 unspecified atom stereocenters. The summed E-state index contributed by atoms with van der Waals surface area (Å²) in [6, 6.07) is 14.4. The van der Waals surface area contributed by atoms with Gasteiger partial charge >= 0.3 is 0 Å². The molecule has 0 bridgehead atoms. The molecule has 1 amide bonds. The minimum atomic E-state index is -0.273. The van der Waals surface area contributed by atoms with Crippen LogP contribution < -0.4 is 14.8 Å². The van der Waals surface area contributed by atoms with E-state index in [0.717, 1.165) is 11.3 Å². The van der Waals surface area contributed by atoms with Gasteiger partial charge in [0.1, 0.15) is 11.5 Å². The van der Waals surface area contributed by atoms with Crippen LogP contribution in [0.4, 0.5) is 5.13 Å². The van der Waals surface area contributed by atoms with Gasteiger partial charge in [-0.1, -0.05) is 17.4 Å². The second kappa shape index (κ2) is 7.04. The topological polar surface area (TPSA) is 90.6 Å². The first-order valence-electron chi connectivity index (χ1n) is 8.00. The first-order chi connectivity index (χ1) is 13.2. The third-order valence-corrected chi connectivity index (χ3v) is 4.71. The Balaban J connectivity index is 1.60. The van der Waals surface area contributed by atoms with Crippen molar-refractivity contribution in [2.24, 2.45) is 0 Å². The summed E-state index contributed by atoms with van der Waals surface area (Å²) in [6.07, 6.45) is 0. The zero-order valence-electron chi connectivity index (χ0n) is 14.5. The van der Waals surface area contributed by atoms with Crippen LogP contribution in [0.3, 0.4) is 0 Å². The van der Waals surface area contributed by atoms with Crippen LogP contribution in [-0.4, -0.2) is 39.9 Å². The summed E-state index contributed by atoms with van der Waals surface area (Å²) in [6.45, 7) is 0. The van der Waals surface area contributed by atoms with Crippen molar-refractivity contribution in [1.82, 2.24) is 19.8 Å². The standard InChI is InChI=1S/C18H15N5O3S/c1-25-13-8-6-11(7-9-13)15-20-21-18-23(15)22-17(27-18)19-16(24)12-4-3-5-14(10-12)26-2/h3-10H,1-2H3,(H,19,22,24). The smallest absolute Gasteiger partial charge is 0.257 e. The number of aromatic nitrogens is 4. The molecule has 0 aliphatic rings. The normalized spacial score (nSPS) is 10.7. The lowest BCUT2D eigenvalue weighted by Gasteiger charge is -2.04. The predicted molar refractivity (Wildman–Crippen MR) is 102 cm³/mol. The zero-order chi connectivity index (χ0) is 18.8. The summed E-state index contributed by atoms with van der Waals surface area (Å²) in [5, 5.41) is 15.9. The van der Waals surface area contributed by atoms with Crippen LogP contribution in [0.15, 0.2) is 48.5 Å². The third-order valence-electron chi connectivity index (χ3n) is 3.89. The Bertz CT molecular complexity index is 1100. The number of carbonyl (C=O) groups is 1. The second-order valence-electron chi connectivity index (χ2n) is 5.54. The molecule has 136 valence electrons. The highest BCUT2D eigenvalue weighted by Gasteiger charge is 2.16. The first kappa shape index (κ1) is 17.0. The number of nitrogens with zero attached hydrogens (tertiary/aromatic N) is 4. The van der Waals surface area contributed by atoms with Gasteiger partial charge < -0.3 is 9.47 Å². The number of ether oxygens (including phenoxy) is 2. The monoisotopic (exact) mass is 381 g/mol. The van der Waals surface area contributed by atoms with Crippen molar-refractivity contribution >= 4 is 27.3 Å². The zero-order valence-corrected chi connectivity index (χ0v) is 15.4. The molecule has 2 heterocycles. The van der Waals surface area contributed by atoms with E-state index in [9.17, 15) is 4.79 Å². The van der Waals surface area contributed by atoms with Crippen molar-refractivity contribution in [2.45, 2.75) is 0 Å². The van der Waals surface area contributed by atoms with Crippen LogP contribution in [0.25, 0.3) is 16.3 Å². The van der Waals surface area contributed by atoms with Crippen LogP contribution in [-0.2, 0) is 0 Å². The Hall–Kier alpha value is -3.46. The van der Waals surface area contributed by atoms with Gasteiger partial charge in [0.25, 0.3) is 5.91 Å². The lowest BCUT2D eigenvalue weighted by molar-refractivity contribution is 0.102. The van der Waals surface area contributed by atoms with Crippen molar-refractivity contribution in [1.29, 1.82) is 0 Å². The number of hydrogen-bond donors (Lipinski definition) is 1. The first-order valence-corrected chi connectivity index (χ1v) is 8.81. The van der Waals surface area contributed by atoms with Gasteiger partial charge in [0.05, 0.1) is 14.2 Å². The lowest BCUT2D eigenvalue weighted by Crippen LogP contribution is -2.12. The second-order valence-corrected chi connectivity index (χ2v) is 6.50. The molecule has 8 nitrogen and oxygen atoms in total. The molecule has 0 fully saturated rings. The van der Waals surface area contributed by atoms with E-state index in [1.54, 1.807) is 43.0 Å². The Morgan fingerprint density at radius 1 is 1.04 bits per heavy atom. The van der Waals surface area contributed by atoms with Crippen molar-refractivity contribution in [2.75, 3.05) is 19.5 Å². The minimum Gasteiger partial charge on any atom is -0.497 e. The minimum absolute atomic E-state index is 0.273. The Kier molecular flexibility index (Phi) is 4.43. The van der Waals surface area contributed by atoms with Gasteiger partial charge in [-0.15, -0.1) is 15.3 Å². The molecule has 1 N–H and O–H groups in total. The molecule has 0 saturated heterocycles. The van der Waals surface area contributed by atoms with E-state index in [1.165, 1.54) is 11.3 Å². The molecule has 2 aromatic carbocycles. The highest BCUT2D eigenvalue weighted by atomic mass is 32.1. The molecule has 0 atom stereocenters. The van der Waals surface area contributed by atoms with Crippen molar-refractivity contribution in [3.63, 3.8) is 0 Å². The van der Waals surface area contributed by atoms with Crippen molar-refractivity contribution in [3.05, 3.63) is 54.1 Å². The van der Waals surface area contributed by atoms with Crippen LogP contribution in [0, 0.1) is 0 Å². The molecule has 4 rings (SSSR count). The van der Waals surface area contributed by atoms with Crippen molar-refractivity contribution < 1.29 is 14.3 Å². The van der Waals surface area contributed by atoms with Crippen LogP contribution in [0.2, 0.25) is 0 Å². The SMILES string of the molecule is COc1ccc(-c2nnc3sc(NC(=O)c4cccc(OC)c4)nn23)cc1. The van der Waals surface area contributed by atoms with Gasteiger partial charge in [-0.2, -0.15) is 4.52 Å². The van der Waals surface area contributed by atoms with E-state index in [1.807, 2.05) is 24.3 Å². The molecule has 0 radical (unpaired) electrons. The predicted octanol–water partition coefficient (Wildman–Crippen LogP) is 3.12. The molecule has 2 aromatic heterocycles. The number of rotatable bonds is 5. The van der Waals surface area contributed by atoms with E-state index in [-0.39, 0.29) is 5.91 Å². The fraction of sp³-hybridized carbons (Fsp3) is 0.111. The third kappa shape index (κ3) is 3.32. The molecule has 0 aliphatic heterocycles. The van der Waals surface area contributed by atoms with Crippen LogP contribution in [0.1, 0.15) is 10.4 Å². The molecule has 0 spiro atoms. The number of nitrogens with one attached hydrogen (secondary N) is 1. The number of fused-ring (bicyclic) bond motifs is 1. The number of amides is 1. The Labute approximate surface area is 158 Å². The quantitative estimate of drug-likeness (QED) is 0.571. The largest absolute Gasteiger partial charge is 0.497 e. The van der Waals surface area contributed by atoms with E-state index >= 15 is 0 Å². The number of benzene rings is 2. The number of hydrogen-bond acceptors (Lipinski definition) is 7. The Morgan fingerprint density at radius 3 is 2.56 bits per heavy atom. The molecule has 0 aliphatic carbocycles. The summed E-state index contributed by atoms with van der Waals surface area (Å²) >= 11 is 1.24. The summed E-state index contributed by atoms with van der Waals surface area (Å²) in [7, 11) is 3.17. The van der Waals surface area contributed by atoms with E-state index < -0.39 is 0 Å². The molecular weight excluding hydrogens is 366 g/mol. The fourth-order valence-electron chi connectivity index (χ4n) is 2.52. The number of methoxy groups -OCH3 is 2. The molecular formula is C18H15N5O3S. The van der Waals surface area contributed by atoms with Gasteiger partial charge in [-0.05, 0) is 42.5 Å². The average molecular weight is 381 g/mol. The molecule has 27 heavy (non-hydrogen) atoms. The fourth-order valence-corrected chi connectivity index (χ4v) is 3.26. The molecule has 0 saturated carbocycles. The summed E-state index contributed by atoms with van der Waals surface area (Å²) in [5.74, 6) is 1.68. The summed E-state index contributed by atoms with van der Waals surface area (Å²) < 4.78 is 11.9. The van der Waals surface area contributed by atoms with Gasteiger partial charge in [0.2, 0.25) is 10.1 Å². The highest BCUT2D eigenvalue weighted by molar-refractivity contribution is 7.20. The molecule has 4 aromatic rings. The maximum Gasteiger partial charge on any atom is 0.257 e.